The van der Waals surface area contributed by atoms with E-state index in [1.54, 1.807) is 0 Å². The lowest BCUT2D eigenvalue weighted by Crippen LogP contribution is -2.05. The van der Waals surface area contributed by atoms with Crippen LogP contribution >= 0.6 is 15.9 Å². The fraction of sp³-hybridized carbons (Fsp3) is 0.0769. The summed E-state index contributed by atoms with van der Waals surface area (Å²) in [4.78, 5) is 0. The van der Waals surface area contributed by atoms with Crippen LogP contribution < -0.4 is 0 Å². The molecule has 0 fully saturated rings. The van der Waals surface area contributed by atoms with E-state index >= 15 is 0 Å². The summed E-state index contributed by atoms with van der Waals surface area (Å²) in [5.74, 6) is -4.24. The molecule has 0 aromatic heterocycles. The van der Waals surface area contributed by atoms with Crippen molar-refractivity contribution in [3.63, 3.8) is 0 Å². The Kier molecular flexibility index (Phi) is 3.91. The first kappa shape index (κ1) is 14.0. The summed E-state index contributed by atoms with van der Waals surface area (Å²) in [5.41, 5.74) is -0.280. The molecular formula is C13H7BrF4O. The Bertz CT molecular complexity index is 630. The minimum absolute atomic E-state index is 0.145. The van der Waals surface area contributed by atoms with Gasteiger partial charge in [-0.15, -0.1) is 0 Å². The maximum absolute atomic E-state index is 13.5. The Morgan fingerprint density at radius 2 is 1.47 bits per heavy atom. The van der Waals surface area contributed by atoms with Crippen molar-refractivity contribution in [2.45, 2.75) is 6.10 Å². The summed E-state index contributed by atoms with van der Waals surface area (Å²) in [5, 5.41) is 9.98. The van der Waals surface area contributed by atoms with Crippen LogP contribution in [0.3, 0.4) is 0 Å². The third-order valence-corrected chi connectivity index (χ3v) is 3.28. The lowest BCUT2D eigenvalue weighted by atomic mass is 10.0. The van der Waals surface area contributed by atoms with Crippen molar-refractivity contribution >= 4 is 15.9 Å². The number of hydrogen-bond donors (Lipinski definition) is 1. The van der Waals surface area contributed by atoms with Crippen LogP contribution in [0.2, 0.25) is 0 Å². The zero-order valence-electron chi connectivity index (χ0n) is 9.30. The second-order valence-corrected chi connectivity index (χ2v) is 4.71. The lowest BCUT2D eigenvalue weighted by Gasteiger charge is -2.14. The number of aliphatic hydroxyl groups is 1. The van der Waals surface area contributed by atoms with Gasteiger partial charge in [-0.05, 0) is 23.8 Å². The zero-order chi connectivity index (χ0) is 14.2. The molecule has 1 N–H and O–H groups in total. The molecule has 2 rings (SSSR count). The molecule has 19 heavy (non-hydrogen) atoms. The molecule has 0 bridgehead atoms. The molecule has 1 unspecified atom stereocenters. The van der Waals surface area contributed by atoms with Gasteiger partial charge >= 0.3 is 0 Å². The molecule has 6 heteroatoms. The summed E-state index contributed by atoms with van der Waals surface area (Å²) in [6.07, 6.45) is -1.54. The SMILES string of the molecule is OC(c1cc(F)c(F)cc1F)c1ccc(F)cc1Br. The smallest absolute Gasteiger partial charge is 0.161 e. The van der Waals surface area contributed by atoms with Crippen LogP contribution in [-0.4, -0.2) is 5.11 Å². The van der Waals surface area contributed by atoms with Crippen LogP contribution in [0.4, 0.5) is 17.6 Å². The Balaban J connectivity index is 2.49. The highest BCUT2D eigenvalue weighted by molar-refractivity contribution is 9.10. The monoisotopic (exact) mass is 334 g/mol. The van der Waals surface area contributed by atoms with E-state index in [9.17, 15) is 22.7 Å². The quantitative estimate of drug-likeness (QED) is 0.648. The van der Waals surface area contributed by atoms with E-state index < -0.39 is 34.9 Å². The molecular weight excluding hydrogens is 328 g/mol. The van der Waals surface area contributed by atoms with E-state index in [1.807, 2.05) is 0 Å². The topological polar surface area (TPSA) is 20.2 Å². The van der Waals surface area contributed by atoms with Crippen molar-refractivity contribution < 1.29 is 22.7 Å². The van der Waals surface area contributed by atoms with Crippen molar-refractivity contribution in [2.75, 3.05) is 0 Å². The summed E-state index contributed by atoms with van der Waals surface area (Å²) < 4.78 is 52.5. The van der Waals surface area contributed by atoms with Gasteiger partial charge in [0.1, 0.15) is 17.7 Å². The van der Waals surface area contributed by atoms with Crippen LogP contribution in [0.1, 0.15) is 17.2 Å². The average Bonchev–Trinajstić information content (AvgIpc) is 2.33. The van der Waals surface area contributed by atoms with Crippen molar-refractivity contribution in [1.29, 1.82) is 0 Å². The van der Waals surface area contributed by atoms with Gasteiger partial charge in [-0.1, -0.05) is 22.0 Å². The molecule has 0 spiro atoms. The van der Waals surface area contributed by atoms with E-state index in [4.69, 9.17) is 0 Å². The minimum Gasteiger partial charge on any atom is -0.384 e. The average molecular weight is 335 g/mol. The fourth-order valence-electron chi connectivity index (χ4n) is 1.64. The summed E-state index contributed by atoms with van der Waals surface area (Å²) in [7, 11) is 0. The predicted octanol–water partition coefficient (Wildman–Crippen LogP) is 4.09. The zero-order valence-corrected chi connectivity index (χ0v) is 10.9. The second kappa shape index (κ2) is 5.30. The maximum atomic E-state index is 13.5. The number of aliphatic hydroxyl groups excluding tert-OH is 1. The van der Waals surface area contributed by atoms with Gasteiger partial charge < -0.3 is 5.11 Å². The first-order chi connectivity index (χ1) is 8.90. The van der Waals surface area contributed by atoms with E-state index in [0.717, 1.165) is 12.1 Å². The molecule has 0 saturated heterocycles. The largest absolute Gasteiger partial charge is 0.384 e. The van der Waals surface area contributed by atoms with Crippen molar-refractivity contribution in [3.8, 4) is 0 Å². The normalized spacial score (nSPS) is 12.5. The Hall–Kier alpha value is -1.40. The minimum atomic E-state index is -1.54. The van der Waals surface area contributed by atoms with Gasteiger partial charge in [0.25, 0.3) is 0 Å². The van der Waals surface area contributed by atoms with Gasteiger partial charge in [-0.3, -0.25) is 0 Å². The van der Waals surface area contributed by atoms with Gasteiger partial charge in [0, 0.05) is 16.1 Å². The van der Waals surface area contributed by atoms with Gasteiger partial charge in [-0.25, -0.2) is 17.6 Å². The summed E-state index contributed by atoms with van der Waals surface area (Å²) in [6, 6.07) is 4.30. The van der Waals surface area contributed by atoms with E-state index in [0.29, 0.717) is 12.1 Å². The Labute approximate surface area is 114 Å². The van der Waals surface area contributed by atoms with Crippen LogP contribution in [0.25, 0.3) is 0 Å². The number of hydrogen-bond acceptors (Lipinski definition) is 1. The van der Waals surface area contributed by atoms with Gasteiger partial charge in [0.2, 0.25) is 0 Å². The van der Waals surface area contributed by atoms with Crippen molar-refractivity contribution in [3.05, 3.63) is 69.2 Å². The van der Waals surface area contributed by atoms with Crippen LogP contribution in [-0.2, 0) is 0 Å². The second-order valence-electron chi connectivity index (χ2n) is 3.86. The summed E-state index contributed by atoms with van der Waals surface area (Å²) >= 11 is 3.01. The van der Waals surface area contributed by atoms with E-state index in [1.165, 1.54) is 6.07 Å². The van der Waals surface area contributed by atoms with Gasteiger partial charge in [0.05, 0.1) is 0 Å². The molecule has 0 amide bonds. The highest BCUT2D eigenvalue weighted by Gasteiger charge is 2.20. The molecule has 100 valence electrons. The van der Waals surface area contributed by atoms with Crippen LogP contribution in [0.15, 0.2) is 34.8 Å². The van der Waals surface area contributed by atoms with Crippen LogP contribution in [0, 0.1) is 23.3 Å². The highest BCUT2D eigenvalue weighted by atomic mass is 79.9. The van der Waals surface area contributed by atoms with Gasteiger partial charge in [0.15, 0.2) is 11.6 Å². The molecule has 2 aromatic carbocycles. The lowest BCUT2D eigenvalue weighted by molar-refractivity contribution is 0.213. The molecule has 1 atom stereocenters. The van der Waals surface area contributed by atoms with Crippen LogP contribution in [0.5, 0.6) is 0 Å². The first-order valence-electron chi connectivity index (χ1n) is 5.17. The molecule has 0 aliphatic carbocycles. The number of rotatable bonds is 2. The number of benzene rings is 2. The Morgan fingerprint density at radius 3 is 2.11 bits per heavy atom. The van der Waals surface area contributed by atoms with Crippen molar-refractivity contribution in [1.82, 2.24) is 0 Å². The third kappa shape index (κ3) is 2.79. The predicted molar refractivity (Wildman–Crippen MR) is 64.5 cm³/mol. The molecule has 0 aliphatic rings. The van der Waals surface area contributed by atoms with Crippen molar-refractivity contribution in [2.24, 2.45) is 0 Å². The standard InChI is InChI=1S/C13H7BrF4O/c14-9-3-6(15)1-2-7(9)13(19)8-4-11(17)12(18)5-10(8)16/h1-5,13,19H. The molecule has 1 nitrogen and oxygen atoms in total. The molecule has 0 heterocycles. The fourth-order valence-corrected chi connectivity index (χ4v) is 2.21. The molecule has 0 aliphatic heterocycles. The first-order valence-corrected chi connectivity index (χ1v) is 5.97. The highest BCUT2D eigenvalue weighted by Crippen LogP contribution is 2.31. The molecule has 0 saturated carbocycles. The summed E-state index contributed by atoms with van der Waals surface area (Å²) in [6.45, 7) is 0. The molecule has 2 aromatic rings. The maximum Gasteiger partial charge on any atom is 0.161 e. The number of halogens is 5. The molecule has 0 radical (unpaired) electrons. The van der Waals surface area contributed by atoms with E-state index in [2.05, 4.69) is 15.9 Å². The van der Waals surface area contributed by atoms with Gasteiger partial charge in [-0.2, -0.15) is 0 Å². The Morgan fingerprint density at radius 1 is 0.842 bits per heavy atom. The third-order valence-electron chi connectivity index (χ3n) is 2.59. The van der Waals surface area contributed by atoms with E-state index in [-0.39, 0.29) is 10.0 Å².